The van der Waals surface area contributed by atoms with E-state index < -0.39 is 0 Å². The minimum atomic E-state index is -0.345. The highest BCUT2D eigenvalue weighted by Crippen LogP contribution is 2.37. The number of aliphatic hydroxyl groups excluding tert-OH is 1. The molecule has 0 rings (SSSR count). The standard InChI is InChI=1S/C23H49NOS/c1-7-22(8-2,9-3)18-16-19-23(10-4,11-5)24-21(25)17-14-13-15-20-26-12-6/h21,24-25H,7-20H2,1-6H3. The second-order valence-electron chi connectivity index (χ2n) is 8.11. The van der Waals surface area contributed by atoms with Gasteiger partial charge in [-0.25, -0.2) is 0 Å². The van der Waals surface area contributed by atoms with Gasteiger partial charge in [0.1, 0.15) is 6.23 Å². The van der Waals surface area contributed by atoms with Crippen molar-refractivity contribution in [1.82, 2.24) is 5.32 Å². The number of thioether (sulfide) groups is 1. The van der Waals surface area contributed by atoms with Crippen molar-refractivity contribution in [3.05, 3.63) is 0 Å². The van der Waals surface area contributed by atoms with Gasteiger partial charge in [-0.2, -0.15) is 11.8 Å². The number of rotatable bonds is 18. The van der Waals surface area contributed by atoms with Gasteiger partial charge in [0.15, 0.2) is 0 Å². The average Bonchev–Trinajstić information content (AvgIpc) is 2.67. The minimum absolute atomic E-state index is 0.110. The van der Waals surface area contributed by atoms with E-state index in [2.05, 4.69) is 46.9 Å². The zero-order valence-corrected chi connectivity index (χ0v) is 19.6. The van der Waals surface area contributed by atoms with Crippen LogP contribution in [0.25, 0.3) is 0 Å². The fourth-order valence-electron chi connectivity index (χ4n) is 4.25. The molecule has 1 atom stereocenters. The molecule has 0 amide bonds. The summed E-state index contributed by atoms with van der Waals surface area (Å²) in [5.41, 5.74) is 0.640. The molecule has 0 fully saturated rings. The first kappa shape index (κ1) is 26.3. The minimum Gasteiger partial charge on any atom is -0.379 e. The van der Waals surface area contributed by atoms with Crippen molar-refractivity contribution in [2.24, 2.45) is 5.41 Å². The van der Waals surface area contributed by atoms with Crippen LogP contribution in [-0.4, -0.2) is 28.4 Å². The summed E-state index contributed by atoms with van der Waals surface area (Å²) in [6.07, 6.45) is 14.1. The van der Waals surface area contributed by atoms with Crippen molar-refractivity contribution >= 4 is 11.8 Å². The molecule has 0 spiro atoms. The summed E-state index contributed by atoms with van der Waals surface area (Å²) in [6, 6.07) is 0. The molecular formula is C23H49NOS. The van der Waals surface area contributed by atoms with Gasteiger partial charge in [0.2, 0.25) is 0 Å². The third-order valence-electron chi connectivity index (χ3n) is 6.91. The van der Waals surface area contributed by atoms with Gasteiger partial charge < -0.3 is 5.11 Å². The van der Waals surface area contributed by atoms with Crippen molar-refractivity contribution in [3.63, 3.8) is 0 Å². The van der Waals surface area contributed by atoms with E-state index in [1.54, 1.807) is 0 Å². The maximum absolute atomic E-state index is 10.5. The van der Waals surface area contributed by atoms with Crippen LogP contribution in [0.3, 0.4) is 0 Å². The predicted molar refractivity (Wildman–Crippen MR) is 121 cm³/mol. The van der Waals surface area contributed by atoms with Crippen LogP contribution in [0.2, 0.25) is 0 Å². The van der Waals surface area contributed by atoms with Crippen LogP contribution in [-0.2, 0) is 0 Å². The van der Waals surface area contributed by atoms with Crippen LogP contribution in [0.5, 0.6) is 0 Å². The molecule has 0 aliphatic rings. The first-order valence-corrected chi connectivity index (χ1v) is 12.7. The molecule has 3 heteroatoms. The molecule has 0 saturated carbocycles. The van der Waals surface area contributed by atoms with Gasteiger partial charge in [0, 0.05) is 5.54 Å². The molecule has 0 aromatic heterocycles. The summed E-state index contributed by atoms with van der Waals surface area (Å²) in [5, 5.41) is 14.2. The second-order valence-corrected chi connectivity index (χ2v) is 9.50. The van der Waals surface area contributed by atoms with Crippen LogP contribution in [0.4, 0.5) is 0 Å². The Labute approximate surface area is 169 Å². The maximum atomic E-state index is 10.5. The fourth-order valence-corrected chi connectivity index (χ4v) is 4.95. The van der Waals surface area contributed by atoms with E-state index in [4.69, 9.17) is 0 Å². The normalized spacial score (nSPS) is 14.0. The van der Waals surface area contributed by atoms with Crippen molar-refractivity contribution in [1.29, 1.82) is 0 Å². The molecule has 0 aliphatic carbocycles. The Morgan fingerprint density at radius 1 is 0.769 bits per heavy atom. The number of hydrogen-bond donors (Lipinski definition) is 2. The van der Waals surface area contributed by atoms with Crippen LogP contribution < -0.4 is 5.32 Å². The molecule has 2 nitrogen and oxygen atoms in total. The molecule has 0 aromatic carbocycles. The molecule has 0 radical (unpaired) electrons. The topological polar surface area (TPSA) is 32.3 Å². The van der Waals surface area contributed by atoms with E-state index in [1.165, 1.54) is 62.9 Å². The third kappa shape index (κ3) is 9.99. The molecule has 0 bridgehead atoms. The average molecular weight is 388 g/mol. The van der Waals surface area contributed by atoms with Gasteiger partial charge in [-0.3, -0.25) is 5.32 Å². The summed E-state index contributed by atoms with van der Waals surface area (Å²) in [6.45, 7) is 13.8. The third-order valence-corrected chi connectivity index (χ3v) is 7.89. The molecule has 2 N–H and O–H groups in total. The Morgan fingerprint density at radius 3 is 1.88 bits per heavy atom. The van der Waals surface area contributed by atoms with E-state index in [0.29, 0.717) is 5.41 Å². The fraction of sp³-hybridized carbons (Fsp3) is 1.00. The highest BCUT2D eigenvalue weighted by molar-refractivity contribution is 7.99. The van der Waals surface area contributed by atoms with Gasteiger partial charge in [0.05, 0.1) is 0 Å². The molecular weight excluding hydrogens is 338 g/mol. The lowest BCUT2D eigenvalue weighted by Crippen LogP contribution is -2.49. The SMILES string of the molecule is CCSCCCCCC(O)NC(CC)(CC)CCCC(CC)(CC)CC. The second kappa shape index (κ2) is 15.2. The monoisotopic (exact) mass is 387 g/mol. The first-order valence-electron chi connectivity index (χ1n) is 11.5. The predicted octanol–water partition coefficient (Wildman–Crippen LogP) is 7.15. The number of unbranched alkanes of at least 4 members (excludes halogenated alkanes) is 2. The lowest BCUT2D eigenvalue weighted by Gasteiger charge is -2.38. The van der Waals surface area contributed by atoms with E-state index in [-0.39, 0.29) is 11.8 Å². The molecule has 0 heterocycles. The quantitative estimate of drug-likeness (QED) is 0.193. The number of aliphatic hydroxyl groups is 1. The Morgan fingerprint density at radius 2 is 1.38 bits per heavy atom. The van der Waals surface area contributed by atoms with Crippen LogP contribution in [0.1, 0.15) is 119 Å². The molecule has 0 aromatic rings. The van der Waals surface area contributed by atoms with Crippen molar-refractivity contribution in [2.45, 2.75) is 130 Å². The van der Waals surface area contributed by atoms with Gasteiger partial charge in [0.25, 0.3) is 0 Å². The zero-order chi connectivity index (χ0) is 19.9. The number of hydrogen-bond acceptors (Lipinski definition) is 3. The largest absolute Gasteiger partial charge is 0.379 e. The lowest BCUT2D eigenvalue weighted by molar-refractivity contribution is 0.0689. The summed E-state index contributed by atoms with van der Waals surface area (Å²) >= 11 is 2.02. The molecule has 0 saturated heterocycles. The summed E-state index contributed by atoms with van der Waals surface area (Å²) in [7, 11) is 0. The van der Waals surface area contributed by atoms with Gasteiger partial charge >= 0.3 is 0 Å². The Balaban J connectivity index is 4.37. The van der Waals surface area contributed by atoms with E-state index in [1.807, 2.05) is 11.8 Å². The highest BCUT2D eigenvalue weighted by Gasteiger charge is 2.30. The summed E-state index contributed by atoms with van der Waals surface area (Å²) in [5.74, 6) is 2.48. The van der Waals surface area contributed by atoms with Crippen LogP contribution in [0, 0.1) is 5.41 Å². The maximum Gasteiger partial charge on any atom is 0.105 e. The molecule has 0 aliphatic heterocycles. The molecule has 26 heavy (non-hydrogen) atoms. The van der Waals surface area contributed by atoms with Crippen molar-refractivity contribution < 1.29 is 5.11 Å². The molecule has 158 valence electrons. The van der Waals surface area contributed by atoms with Gasteiger partial charge in [-0.05, 0) is 61.9 Å². The van der Waals surface area contributed by atoms with E-state index in [9.17, 15) is 5.11 Å². The highest BCUT2D eigenvalue weighted by atomic mass is 32.2. The Kier molecular flexibility index (Phi) is 15.4. The number of nitrogens with one attached hydrogen (secondary N) is 1. The zero-order valence-electron chi connectivity index (χ0n) is 18.8. The first-order chi connectivity index (χ1) is 12.5. The van der Waals surface area contributed by atoms with E-state index in [0.717, 1.165) is 25.7 Å². The Bertz CT molecular complexity index is 305. The van der Waals surface area contributed by atoms with Crippen molar-refractivity contribution in [2.75, 3.05) is 11.5 Å². The van der Waals surface area contributed by atoms with Gasteiger partial charge in [-0.15, -0.1) is 0 Å². The summed E-state index contributed by atoms with van der Waals surface area (Å²) < 4.78 is 0. The van der Waals surface area contributed by atoms with Crippen LogP contribution in [0.15, 0.2) is 0 Å². The van der Waals surface area contributed by atoms with Gasteiger partial charge in [-0.1, -0.05) is 73.6 Å². The van der Waals surface area contributed by atoms with E-state index >= 15 is 0 Å². The Hall–Kier alpha value is 0.270. The summed E-state index contributed by atoms with van der Waals surface area (Å²) in [4.78, 5) is 0. The smallest absolute Gasteiger partial charge is 0.105 e. The lowest BCUT2D eigenvalue weighted by atomic mass is 9.74. The van der Waals surface area contributed by atoms with Crippen molar-refractivity contribution in [3.8, 4) is 0 Å². The van der Waals surface area contributed by atoms with Crippen LogP contribution >= 0.6 is 11.8 Å². The molecule has 1 unspecified atom stereocenters.